The summed E-state index contributed by atoms with van der Waals surface area (Å²) >= 11 is 0. The minimum Gasteiger partial charge on any atom is -0.378 e. The van der Waals surface area contributed by atoms with E-state index in [2.05, 4.69) is 4.99 Å². The first-order valence-corrected chi connectivity index (χ1v) is 6.70. The summed E-state index contributed by atoms with van der Waals surface area (Å²) in [4.78, 5) is 12.1. The maximum Gasteiger partial charge on any atom is 0.391 e. The van der Waals surface area contributed by atoms with E-state index in [9.17, 15) is 13.2 Å². The summed E-state index contributed by atoms with van der Waals surface area (Å²) in [5.74, 6) is -1.20. The summed E-state index contributed by atoms with van der Waals surface area (Å²) in [5.41, 5.74) is 10.3. The molecule has 1 aliphatic carbocycles. The number of hydrogen-bond acceptors (Lipinski definition) is 4. The lowest BCUT2D eigenvalue weighted by molar-refractivity contribution is -0.742. The molecule has 1 rings (SSSR count). The number of halogens is 3. The molecule has 2 unspecified atom stereocenters. The van der Waals surface area contributed by atoms with Crippen LogP contribution in [0, 0.1) is 16.0 Å². The molecular weight excluding hydrogens is 309 g/mol. The molecule has 0 aromatic rings. The molecule has 1 fully saturated rings. The van der Waals surface area contributed by atoms with Crippen molar-refractivity contribution in [2.24, 2.45) is 22.4 Å². The van der Waals surface area contributed by atoms with Crippen LogP contribution in [0.15, 0.2) is 4.99 Å². The van der Waals surface area contributed by atoms with Crippen molar-refractivity contribution in [2.45, 2.75) is 44.4 Å². The van der Waals surface area contributed by atoms with Crippen molar-refractivity contribution < 1.29 is 28.2 Å². The van der Waals surface area contributed by atoms with Crippen molar-refractivity contribution >= 4 is 5.96 Å². The van der Waals surface area contributed by atoms with Crippen LogP contribution < -0.4 is 11.5 Å². The Kier molecular flexibility index (Phi) is 9.22. The Labute approximate surface area is 125 Å². The zero-order valence-corrected chi connectivity index (χ0v) is 12.0. The SMILES string of the molecule is NC(N)=NCCCOC1CCCC(C(F)(F)F)C1.O=[N+]([O-])O. The Morgan fingerprint density at radius 2 is 2.00 bits per heavy atom. The predicted molar refractivity (Wildman–Crippen MR) is 71.8 cm³/mol. The van der Waals surface area contributed by atoms with Crippen molar-refractivity contribution in [3.63, 3.8) is 0 Å². The van der Waals surface area contributed by atoms with Crippen molar-refractivity contribution in [2.75, 3.05) is 13.2 Å². The molecule has 0 radical (unpaired) electrons. The van der Waals surface area contributed by atoms with E-state index >= 15 is 0 Å². The number of hydrogen-bond donors (Lipinski definition) is 3. The largest absolute Gasteiger partial charge is 0.391 e. The second-order valence-corrected chi connectivity index (χ2v) is 4.80. The van der Waals surface area contributed by atoms with Gasteiger partial charge in [0, 0.05) is 13.2 Å². The van der Waals surface area contributed by atoms with Crippen molar-refractivity contribution in [1.82, 2.24) is 0 Å². The fraction of sp³-hybridized carbons (Fsp3) is 0.909. The van der Waals surface area contributed by atoms with Gasteiger partial charge in [0.05, 0.1) is 12.0 Å². The van der Waals surface area contributed by atoms with Crippen LogP contribution in [-0.4, -0.2) is 41.7 Å². The molecular formula is C11H21F3N4O4. The fourth-order valence-corrected chi connectivity index (χ4v) is 2.12. The van der Waals surface area contributed by atoms with Crippen LogP contribution in [-0.2, 0) is 4.74 Å². The van der Waals surface area contributed by atoms with Crippen LogP contribution in [0.1, 0.15) is 32.1 Å². The average molecular weight is 330 g/mol. The van der Waals surface area contributed by atoms with Crippen LogP contribution in [0.2, 0.25) is 0 Å². The lowest BCUT2D eigenvalue weighted by atomic mass is 9.87. The van der Waals surface area contributed by atoms with Crippen molar-refractivity contribution in [3.8, 4) is 0 Å². The van der Waals surface area contributed by atoms with Crippen LogP contribution in [0.3, 0.4) is 0 Å². The lowest BCUT2D eigenvalue weighted by Crippen LogP contribution is -2.32. The second kappa shape index (κ2) is 10.0. The third-order valence-corrected chi connectivity index (χ3v) is 3.04. The Hall–Kier alpha value is -1.78. The fourth-order valence-electron chi connectivity index (χ4n) is 2.12. The number of nitrogens with zero attached hydrogens (tertiary/aromatic N) is 2. The first-order chi connectivity index (χ1) is 10.1. The molecule has 0 aliphatic heterocycles. The molecule has 2 atom stereocenters. The van der Waals surface area contributed by atoms with Gasteiger partial charge in [-0.15, -0.1) is 10.1 Å². The second-order valence-electron chi connectivity index (χ2n) is 4.80. The molecule has 130 valence electrons. The monoisotopic (exact) mass is 330 g/mol. The van der Waals surface area contributed by atoms with Gasteiger partial charge in [-0.2, -0.15) is 13.2 Å². The predicted octanol–water partition coefficient (Wildman–Crippen LogP) is 1.44. The Bertz CT molecular complexity index is 358. The number of guanidine groups is 1. The van der Waals surface area contributed by atoms with Gasteiger partial charge in [0.2, 0.25) is 0 Å². The Morgan fingerprint density at radius 3 is 2.50 bits per heavy atom. The topological polar surface area (TPSA) is 137 Å². The van der Waals surface area contributed by atoms with E-state index in [-0.39, 0.29) is 24.9 Å². The summed E-state index contributed by atoms with van der Waals surface area (Å²) in [7, 11) is 0. The Morgan fingerprint density at radius 1 is 1.41 bits per heavy atom. The molecule has 0 bridgehead atoms. The third kappa shape index (κ3) is 10.9. The van der Waals surface area contributed by atoms with Gasteiger partial charge in [-0.25, -0.2) is 0 Å². The minimum absolute atomic E-state index is 0.0183. The average Bonchev–Trinajstić information content (AvgIpc) is 2.36. The van der Waals surface area contributed by atoms with Gasteiger partial charge in [-0.1, -0.05) is 6.42 Å². The highest BCUT2D eigenvalue weighted by atomic mass is 19.4. The first kappa shape index (κ1) is 20.2. The molecule has 1 saturated carbocycles. The molecule has 8 nitrogen and oxygen atoms in total. The summed E-state index contributed by atoms with van der Waals surface area (Å²) < 4.78 is 43.1. The van der Waals surface area contributed by atoms with E-state index in [1.54, 1.807) is 0 Å². The van der Waals surface area contributed by atoms with Gasteiger partial charge in [0.15, 0.2) is 5.96 Å². The van der Waals surface area contributed by atoms with Gasteiger partial charge in [0.25, 0.3) is 5.09 Å². The maximum absolute atomic E-state index is 12.5. The molecule has 0 amide bonds. The molecule has 0 saturated heterocycles. The molecule has 11 heteroatoms. The van der Waals surface area contributed by atoms with Gasteiger partial charge in [0.1, 0.15) is 0 Å². The smallest absolute Gasteiger partial charge is 0.378 e. The molecule has 22 heavy (non-hydrogen) atoms. The summed E-state index contributed by atoms with van der Waals surface area (Å²) in [6.07, 6.45) is -2.20. The highest BCUT2D eigenvalue weighted by Crippen LogP contribution is 2.38. The molecule has 0 aromatic carbocycles. The van der Waals surface area contributed by atoms with Crippen LogP contribution in [0.25, 0.3) is 0 Å². The molecule has 0 aromatic heterocycles. The first-order valence-electron chi connectivity index (χ1n) is 6.70. The highest BCUT2D eigenvalue weighted by Gasteiger charge is 2.42. The number of nitrogens with two attached hydrogens (primary N) is 2. The van der Waals surface area contributed by atoms with E-state index in [0.29, 0.717) is 32.4 Å². The van der Waals surface area contributed by atoms with Gasteiger partial charge in [-0.05, 0) is 25.7 Å². The molecule has 0 spiro atoms. The third-order valence-electron chi connectivity index (χ3n) is 3.04. The number of ether oxygens (including phenoxy) is 1. The standard InChI is InChI=1S/C11H20F3N3O.HNO3/c12-11(13,14)8-3-1-4-9(7-8)18-6-2-5-17-10(15)16;2-1(3)4/h8-9H,1-7H2,(H4,15,16,17);(H,2,3,4). The molecule has 5 N–H and O–H groups in total. The number of aliphatic imine (C=N–C) groups is 1. The van der Waals surface area contributed by atoms with Gasteiger partial charge >= 0.3 is 6.18 Å². The van der Waals surface area contributed by atoms with E-state index in [4.69, 9.17) is 31.5 Å². The molecule has 0 heterocycles. The quantitative estimate of drug-likeness (QED) is 0.229. The number of alkyl halides is 3. The normalized spacial score (nSPS) is 21.4. The van der Waals surface area contributed by atoms with Crippen molar-refractivity contribution in [3.05, 3.63) is 10.1 Å². The maximum atomic E-state index is 12.5. The van der Waals surface area contributed by atoms with Gasteiger partial charge < -0.3 is 21.4 Å². The summed E-state index contributed by atoms with van der Waals surface area (Å²) in [6.45, 7) is 0.837. The Balaban J connectivity index is 0.000000980. The van der Waals surface area contributed by atoms with Crippen LogP contribution in [0.4, 0.5) is 13.2 Å². The number of rotatable bonds is 5. The van der Waals surface area contributed by atoms with Crippen LogP contribution in [0.5, 0.6) is 0 Å². The lowest BCUT2D eigenvalue weighted by Gasteiger charge is -2.30. The van der Waals surface area contributed by atoms with E-state index in [0.717, 1.165) is 0 Å². The van der Waals surface area contributed by atoms with Gasteiger partial charge in [-0.3, -0.25) is 4.99 Å². The highest BCUT2D eigenvalue weighted by molar-refractivity contribution is 5.75. The van der Waals surface area contributed by atoms with E-state index in [1.807, 2.05) is 0 Å². The van der Waals surface area contributed by atoms with Crippen LogP contribution >= 0.6 is 0 Å². The zero-order valence-electron chi connectivity index (χ0n) is 12.0. The minimum atomic E-state index is -4.10. The summed E-state index contributed by atoms with van der Waals surface area (Å²) in [5, 5.41) is 13.6. The summed E-state index contributed by atoms with van der Waals surface area (Å²) in [6, 6.07) is 0. The van der Waals surface area contributed by atoms with E-state index < -0.39 is 17.2 Å². The zero-order chi connectivity index (χ0) is 17.2. The molecule has 1 aliphatic rings. The van der Waals surface area contributed by atoms with E-state index in [1.165, 1.54) is 0 Å². The van der Waals surface area contributed by atoms with Crippen molar-refractivity contribution in [1.29, 1.82) is 0 Å².